The second-order valence-corrected chi connectivity index (χ2v) is 11.1. The van der Waals surface area contributed by atoms with Gasteiger partial charge in [0.2, 0.25) is 0 Å². The van der Waals surface area contributed by atoms with Crippen molar-refractivity contribution in [3.05, 3.63) is 23.8 Å². The maximum Gasteiger partial charge on any atom is 0.446 e. The van der Waals surface area contributed by atoms with Crippen LogP contribution in [0.1, 0.15) is 103 Å². The Labute approximate surface area is 200 Å². The SMILES string of the molecule is CC(C)CCCCCCCCCCCCCCc1cc(OS(=O)(=O)O)cc(OS(=O)(=O)O)c1. The summed E-state index contributed by atoms with van der Waals surface area (Å²) >= 11 is 0. The summed E-state index contributed by atoms with van der Waals surface area (Å²) in [6, 6.07) is 3.72. The summed E-state index contributed by atoms with van der Waals surface area (Å²) in [5.41, 5.74) is 0.572. The van der Waals surface area contributed by atoms with Crippen LogP contribution in [0.4, 0.5) is 0 Å². The number of rotatable bonds is 19. The molecule has 0 bridgehead atoms. The standard InChI is InChI=1S/C23H40O8S2/c1-20(2)15-13-11-9-7-5-3-4-6-8-10-12-14-16-21-17-22(30-32(24,25)26)19-23(18-21)31-33(27,28)29/h17-20H,3-16H2,1-2H3,(H,24,25,26)(H,27,28,29). The summed E-state index contributed by atoms with van der Waals surface area (Å²) in [7, 11) is -9.55. The van der Waals surface area contributed by atoms with Gasteiger partial charge in [-0.05, 0) is 36.5 Å². The normalized spacial score (nSPS) is 12.3. The van der Waals surface area contributed by atoms with Crippen molar-refractivity contribution in [1.29, 1.82) is 0 Å². The van der Waals surface area contributed by atoms with Crippen LogP contribution < -0.4 is 8.37 Å². The topological polar surface area (TPSA) is 127 Å². The molecule has 8 nitrogen and oxygen atoms in total. The van der Waals surface area contributed by atoms with Crippen molar-refractivity contribution in [2.45, 2.75) is 104 Å². The maximum absolute atomic E-state index is 10.9. The Bertz CT molecular complexity index is 827. The van der Waals surface area contributed by atoms with Gasteiger partial charge in [0.1, 0.15) is 11.5 Å². The van der Waals surface area contributed by atoms with E-state index >= 15 is 0 Å². The Kier molecular flexibility index (Phi) is 14.0. The molecule has 0 amide bonds. The fourth-order valence-corrected chi connectivity index (χ4v) is 4.44. The van der Waals surface area contributed by atoms with Crippen LogP contribution in [0.15, 0.2) is 18.2 Å². The van der Waals surface area contributed by atoms with E-state index in [1.54, 1.807) is 0 Å². The van der Waals surface area contributed by atoms with Crippen LogP contribution in [0.25, 0.3) is 0 Å². The molecule has 192 valence electrons. The zero-order chi connectivity index (χ0) is 24.7. The molecule has 0 spiro atoms. The van der Waals surface area contributed by atoms with E-state index in [0.29, 0.717) is 12.0 Å². The lowest BCUT2D eigenvalue weighted by Crippen LogP contribution is -2.09. The molecule has 0 heterocycles. The smallest absolute Gasteiger partial charge is 0.362 e. The fraction of sp³-hybridized carbons (Fsp3) is 0.739. The second-order valence-electron chi connectivity index (χ2n) is 9.01. The summed E-state index contributed by atoms with van der Waals surface area (Å²) in [5, 5.41) is 0. The molecule has 33 heavy (non-hydrogen) atoms. The van der Waals surface area contributed by atoms with Gasteiger partial charge < -0.3 is 8.37 Å². The first kappa shape index (κ1) is 29.7. The van der Waals surface area contributed by atoms with Crippen molar-refractivity contribution < 1.29 is 34.3 Å². The molecule has 1 aromatic carbocycles. The zero-order valence-electron chi connectivity index (χ0n) is 19.9. The fourth-order valence-electron chi connectivity index (χ4n) is 3.76. The summed E-state index contributed by atoms with van der Waals surface area (Å²) < 4.78 is 70.2. The lowest BCUT2D eigenvalue weighted by Gasteiger charge is -2.09. The molecule has 0 fully saturated rings. The van der Waals surface area contributed by atoms with E-state index in [1.807, 2.05) is 0 Å². The molecule has 0 unspecified atom stereocenters. The molecular formula is C23H40O8S2. The Balaban J connectivity index is 2.24. The Hall–Kier alpha value is -1.36. The largest absolute Gasteiger partial charge is 0.446 e. The highest BCUT2D eigenvalue weighted by molar-refractivity contribution is 7.81. The minimum Gasteiger partial charge on any atom is -0.362 e. The van der Waals surface area contributed by atoms with Crippen molar-refractivity contribution in [3.63, 3.8) is 0 Å². The zero-order valence-corrected chi connectivity index (χ0v) is 21.5. The van der Waals surface area contributed by atoms with Crippen LogP contribution in [0, 0.1) is 5.92 Å². The molecule has 0 saturated carbocycles. The van der Waals surface area contributed by atoms with E-state index in [4.69, 9.17) is 9.11 Å². The highest BCUT2D eigenvalue weighted by Gasteiger charge is 2.14. The van der Waals surface area contributed by atoms with E-state index in [0.717, 1.165) is 37.7 Å². The Morgan fingerprint density at radius 1 is 0.636 bits per heavy atom. The molecule has 1 aromatic rings. The summed E-state index contributed by atoms with van der Waals surface area (Å²) in [6.07, 6.45) is 16.4. The quantitative estimate of drug-likeness (QED) is 0.164. The van der Waals surface area contributed by atoms with Crippen LogP contribution >= 0.6 is 0 Å². The lowest BCUT2D eigenvalue weighted by molar-refractivity contribution is 0.381. The highest BCUT2D eigenvalue weighted by atomic mass is 32.3. The molecule has 0 radical (unpaired) electrons. The van der Waals surface area contributed by atoms with Crippen LogP contribution in [-0.2, 0) is 27.2 Å². The van der Waals surface area contributed by atoms with Gasteiger partial charge in [-0.15, -0.1) is 0 Å². The van der Waals surface area contributed by atoms with E-state index in [1.165, 1.54) is 69.9 Å². The molecule has 0 saturated heterocycles. The minimum absolute atomic E-state index is 0.298. The van der Waals surface area contributed by atoms with Crippen molar-refractivity contribution in [1.82, 2.24) is 0 Å². The summed E-state index contributed by atoms with van der Waals surface area (Å²) in [4.78, 5) is 0. The van der Waals surface area contributed by atoms with Crippen LogP contribution in [-0.4, -0.2) is 25.9 Å². The molecule has 0 aliphatic heterocycles. The van der Waals surface area contributed by atoms with E-state index in [-0.39, 0.29) is 11.5 Å². The van der Waals surface area contributed by atoms with E-state index in [2.05, 4.69) is 22.2 Å². The predicted octanol–water partition coefficient (Wildman–Crippen LogP) is 6.32. The monoisotopic (exact) mass is 508 g/mol. The van der Waals surface area contributed by atoms with Gasteiger partial charge in [0.15, 0.2) is 0 Å². The summed E-state index contributed by atoms with van der Waals surface area (Å²) in [6.45, 7) is 4.55. The summed E-state index contributed by atoms with van der Waals surface area (Å²) in [5.74, 6) is 0.216. The van der Waals surface area contributed by atoms with Crippen LogP contribution in [0.2, 0.25) is 0 Å². The number of hydrogen-bond donors (Lipinski definition) is 2. The molecule has 10 heteroatoms. The molecule has 0 atom stereocenters. The first-order valence-electron chi connectivity index (χ1n) is 11.9. The molecule has 0 aliphatic rings. The van der Waals surface area contributed by atoms with Gasteiger partial charge in [-0.25, -0.2) is 0 Å². The Morgan fingerprint density at radius 3 is 1.36 bits per heavy atom. The van der Waals surface area contributed by atoms with Crippen LogP contribution in [0.5, 0.6) is 11.5 Å². The van der Waals surface area contributed by atoms with Crippen molar-refractivity contribution in [2.75, 3.05) is 0 Å². The number of hydrogen-bond acceptors (Lipinski definition) is 6. The third-order valence-electron chi connectivity index (χ3n) is 5.34. The van der Waals surface area contributed by atoms with Gasteiger partial charge >= 0.3 is 20.8 Å². The van der Waals surface area contributed by atoms with E-state index in [9.17, 15) is 16.8 Å². The average molecular weight is 509 g/mol. The Morgan fingerprint density at radius 2 is 1.00 bits per heavy atom. The van der Waals surface area contributed by atoms with E-state index < -0.39 is 20.8 Å². The van der Waals surface area contributed by atoms with Crippen molar-refractivity contribution in [2.24, 2.45) is 5.92 Å². The molecule has 1 rings (SSSR count). The third kappa shape index (κ3) is 17.7. The predicted molar refractivity (Wildman–Crippen MR) is 129 cm³/mol. The minimum atomic E-state index is -4.77. The van der Waals surface area contributed by atoms with Gasteiger partial charge in [0, 0.05) is 6.07 Å². The maximum atomic E-state index is 10.9. The van der Waals surface area contributed by atoms with Gasteiger partial charge in [-0.3, -0.25) is 9.11 Å². The van der Waals surface area contributed by atoms with Gasteiger partial charge in [-0.2, -0.15) is 16.8 Å². The third-order valence-corrected chi connectivity index (χ3v) is 6.15. The molecule has 2 N–H and O–H groups in total. The average Bonchev–Trinajstić information content (AvgIpc) is 2.65. The van der Waals surface area contributed by atoms with Gasteiger partial charge in [0.05, 0.1) is 0 Å². The van der Waals surface area contributed by atoms with Crippen LogP contribution in [0.3, 0.4) is 0 Å². The van der Waals surface area contributed by atoms with Crippen molar-refractivity contribution >= 4 is 20.8 Å². The highest BCUT2D eigenvalue weighted by Crippen LogP contribution is 2.26. The molecule has 0 aromatic heterocycles. The second kappa shape index (κ2) is 15.5. The number of aryl methyl sites for hydroxylation is 1. The van der Waals surface area contributed by atoms with Crippen molar-refractivity contribution in [3.8, 4) is 11.5 Å². The van der Waals surface area contributed by atoms with Gasteiger partial charge in [0.25, 0.3) is 0 Å². The first-order valence-corrected chi connectivity index (χ1v) is 14.7. The molecule has 0 aliphatic carbocycles. The first-order chi connectivity index (χ1) is 15.4. The number of benzene rings is 1. The molecular weight excluding hydrogens is 468 g/mol. The number of unbranched alkanes of at least 4 members (excludes halogenated alkanes) is 11. The lowest BCUT2D eigenvalue weighted by atomic mass is 10.0. The van der Waals surface area contributed by atoms with Gasteiger partial charge in [-0.1, -0.05) is 90.9 Å².